The first-order chi connectivity index (χ1) is 5.00. The molecular weight excluding hydrogens is 157 g/mol. The molecule has 0 bridgehead atoms. The van der Waals surface area contributed by atoms with Crippen LogP contribution in [0, 0.1) is 6.07 Å². The highest BCUT2D eigenvalue weighted by molar-refractivity contribution is 5.36. The molecule has 0 saturated heterocycles. The molecule has 1 radical (unpaired) electrons. The maximum absolute atomic E-state index is 11.8. The van der Waals surface area contributed by atoms with E-state index in [0.717, 1.165) is 12.3 Å². The van der Waals surface area contributed by atoms with E-state index < -0.39 is 11.9 Å². The van der Waals surface area contributed by atoms with Crippen molar-refractivity contribution in [3.8, 4) is 0 Å². The number of halogens is 3. The van der Waals surface area contributed by atoms with Gasteiger partial charge in [0, 0.05) is 18.0 Å². The van der Waals surface area contributed by atoms with Crippen molar-refractivity contribution in [3.05, 3.63) is 24.0 Å². The lowest BCUT2D eigenvalue weighted by Gasteiger charge is -2.04. The molecule has 2 N–H and O–H groups in total. The molecule has 2 nitrogen and oxygen atoms in total. The minimum atomic E-state index is -4.43. The van der Waals surface area contributed by atoms with Crippen molar-refractivity contribution >= 4 is 5.69 Å². The summed E-state index contributed by atoms with van der Waals surface area (Å²) in [6, 6.07) is 3.05. The van der Waals surface area contributed by atoms with E-state index in [2.05, 4.69) is 11.1 Å². The summed E-state index contributed by atoms with van der Waals surface area (Å²) in [7, 11) is 0. The number of nitrogens with zero attached hydrogens (tertiary/aromatic N) is 1. The molecule has 5 heteroatoms. The topological polar surface area (TPSA) is 38.9 Å². The number of aromatic nitrogens is 1. The van der Waals surface area contributed by atoms with Gasteiger partial charge in [0.15, 0.2) is 0 Å². The fraction of sp³-hybridized carbons (Fsp3) is 0.167. The van der Waals surface area contributed by atoms with Gasteiger partial charge in [0.1, 0.15) is 5.69 Å². The maximum Gasteiger partial charge on any atom is 0.433 e. The second kappa shape index (κ2) is 2.41. The molecule has 1 aromatic rings. The predicted octanol–water partition coefficient (Wildman–Crippen LogP) is 1.48. The summed E-state index contributed by atoms with van der Waals surface area (Å²) in [6.07, 6.45) is -3.53. The molecule has 0 saturated carbocycles. The van der Waals surface area contributed by atoms with E-state index in [9.17, 15) is 13.2 Å². The minimum Gasteiger partial charge on any atom is -0.398 e. The average Bonchev–Trinajstić information content (AvgIpc) is 1.86. The van der Waals surface area contributed by atoms with E-state index in [1.54, 1.807) is 0 Å². The molecule has 0 amide bonds. The molecule has 0 atom stereocenters. The first kappa shape index (κ1) is 7.84. The van der Waals surface area contributed by atoms with Crippen LogP contribution in [0.3, 0.4) is 0 Å². The van der Waals surface area contributed by atoms with Gasteiger partial charge in [-0.3, -0.25) is 4.98 Å². The van der Waals surface area contributed by atoms with E-state index in [1.165, 1.54) is 0 Å². The zero-order chi connectivity index (χ0) is 8.48. The van der Waals surface area contributed by atoms with Gasteiger partial charge in [-0.2, -0.15) is 13.2 Å². The molecule has 59 valence electrons. The van der Waals surface area contributed by atoms with E-state index in [-0.39, 0.29) is 5.69 Å². The summed E-state index contributed by atoms with van der Waals surface area (Å²) in [6.45, 7) is 0. The molecule has 0 fully saturated rings. The van der Waals surface area contributed by atoms with Crippen molar-refractivity contribution in [1.29, 1.82) is 0 Å². The maximum atomic E-state index is 11.8. The number of pyridine rings is 1. The largest absolute Gasteiger partial charge is 0.433 e. The van der Waals surface area contributed by atoms with Crippen LogP contribution in [-0.2, 0) is 6.18 Å². The Morgan fingerprint density at radius 3 is 2.45 bits per heavy atom. The first-order valence-electron chi connectivity index (χ1n) is 2.70. The van der Waals surface area contributed by atoms with Crippen LogP contribution in [0.2, 0.25) is 0 Å². The van der Waals surface area contributed by atoms with Gasteiger partial charge in [0.05, 0.1) is 0 Å². The third-order valence-corrected chi connectivity index (χ3v) is 1.02. The highest BCUT2D eigenvalue weighted by Crippen LogP contribution is 2.27. The van der Waals surface area contributed by atoms with E-state index in [1.807, 2.05) is 0 Å². The van der Waals surface area contributed by atoms with Crippen LogP contribution in [0.15, 0.2) is 12.3 Å². The lowest BCUT2D eigenvalue weighted by atomic mass is 10.3. The van der Waals surface area contributed by atoms with Crippen molar-refractivity contribution in [1.82, 2.24) is 4.98 Å². The van der Waals surface area contributed by atoms with Gasteiger partial charge in [0.2, 0.25) is 0 Å². The van der Waals surface area contributed by atoms with Gasteiger partial charge in [-0.05, 0) is 6.07 Å². The van der Waals surface area contributed by atoms with Crippen molar-refractivity contribution in [3.63, 3.8) is 0 Å². The van der Waals surface area contributed by atoms with Crippen molar-refractivity contribution in [2.24, 2.45) is 0 Å². The Kier molecular flexibility index (Phi) is 1.72. The standard InChI is InChI=1S/C6H4F3N2/c7-6(8,9)5-3-4(10)1-2-11-5/h2-3H,(H2,10,11). The normalized spacial score (nSPS) is 11.5. The molecule has 0 spiro atoms. The fourth-order valence-corrected chi connectivity index (χ4v) is 0.558. The van der Waals surface area contributed by atoms with Gasteiger partial charge < -0.3 is 5.73 Å². The third-order valence-electron chi connectivity index (χ3n) is 1.02. The zero-order valence-corrected chi connectivity index (χ0v) is 5.31. The highest BCUT2D eigenvalue weighted by Gasteiger charge is 2.32. The summed E-state index contributed by atoms with van der Waals surface area (Å²) in [5, 5.41) is 0. The molecular formula is C6H4F3N2. The molecule has 0 aliphatic rings. The van der Waals surface area contributed by atoms with Crippen LogP contribution in [0.25, 0.3) is 0 Å². The zero-order valence-electron chi connectivity index (χ0n) is 5.31. The van der Waals surface area contributed by atoms with Gasteiger partial charge in [-0.15, -0.1) is 0 Å². The molecule has 0 aliphatic heterocycles. The first-order valence-corrected chi connectivity index (χ1v) is 2.70. The van der Waals surface area contributed by atoms with Gasteiger partial charge >= 0.3 is 6.18 Å². The number of nitrogen functional groups attached to an aromatic ring is 1. The van der Waals surface area contributed by atoms with Gasteiger partial charge in [0.25, 0.3) is 0 Å². The number of nitrogens with two attached hydrogens (primary N) is 1. The van der Waals surface area contributed by atoms with E-state index in [0.29, 0.717) is 0 Å². The van der Waals surface area contributed by atoms with Crippen molar-refractivity contribution < 1.29 is 13.2 Å². The van der Waals surface area contributed by atoms with Crippen LogP contribution >= 0.6 is 0 Å². The number of alkyl halides is 3. The summed E-state index contributed by atoms with van der Waals surface area (Å²) in [5.41, 5.74) is 4.01. The number of anilines is 1. The average molecular weight is 161 g/mol. The Balaban J connectivity index is 3.06. The Bertz CT molecular complexity index is 256. The quantitative estimate of drug-likeness (QED) is 0.625. The number of hydrogen-bond donors (Lipinski definition) is 1. The molecule has 0 aromatic carbocycles. The second-order valence-corrected chi connectivity index (χ2v) is 1.89. The Morgan fingerprint density at radius 1 is 1.45 bits per heavy atom. The summed E-state index contributed by atoms with van der Waals surface area (Å²) >= 11 is 0. The molecule has 1 heterocycles. The highest BCUT2D eigenvalue weighted by atomic mass is 19.4. The Morgan fingerprint density at radius 2 is 2.09 bits per heavy atom. The van der Waals surface area contributed by atoms with Crippen LogP contribution in [0.1, 0.15) is 5.69 Å². The molecule has 11 heavy (non-hydrogen) atoms. The summed E-state index contributed by atoms with van der Waals surface area (Å²) < 4.78 is 35.5. The van der Waals surface area contributed by atoms with Gasteiger partial charge in [-0.1, -0.05) is 0 Å². The number of hydrogen-bond acceptors (Lipinski definition) is 2. The smallest absolute Gasteiger partial charge is 0.398 e. The van der Waals surface area contributed by atoms with E-state index >= 15 is 0 Å². The third kappa shape index (κ3) is 1.83. The fourth-order valence-electron chi connectivity index (χ4n) is 0.558. The summed E-state index contributed by atoms with van der Waals surface area (Å²) in [5.74, 6) is 0. The SMILES string of the molecule is Nc1[c]cnc(C(F)(F)F)c1. The Labute approximate surface area is 60.9 Å². The van der Waals surface area contributed by atoms with Crippen LogP contribution in [0.4, 0.5) is 18.9 Å². The van der Waals surface area contributed by atoms with Crippen molar-refractivity contribution in [2.75, 3.05) is 5.73 Å². The molecule has 1 rings (SSSR count). The van der Waals surface area contributed by atoms with Crippen LogP contribution < -0.4 is 5.73 Å². The predicted molar refractivity (Wildman–Crippen MR) is 32.5 cm³/mol. The minimum absolute atomic E-state index is 0.0627. The van der Waals surface area contributed by atoms with Crippen molar-refractivity contribution in [2.45, 2.75) is 6.18 Å². The lowest BCUT2D eigenvalue weighted by Crippen LogP contribution is -2.07. The number of rotatable bonds is 0. The van der Waals surface area contributed by atoms with Crippen LogP contribution in [-0.4, -0.2) is 4.98 Å². The molecule has 1 aromatic heterocycles. The monoisotopic (exact) mass is 161 g/mol. The second-order valence-electron chi connectivity index (χ2n) is 1.89. The molecule has 0 aliphatic carbocycles. The van der Waals surface area contributed by atoms with Gasteiger partial charge in [-0.25, -0.2) is 0 Å². The molecule has 0 unspecified atom stereocenters. The van der Waals surface area contributed by atoms with Crippen LogP contribution in [0.5, 0.6) is 0 Å². The Hall–Kier alpha value is -1.26. The summed E-state index contributed by atoms with van der Waals surface area (Å²) in [4.78, 5) is 3.05. The lowest BCUT2D eigenvalue weighted by molar-refractivity contribution is -0.141. The van der Waals surface area contributed by atoms with E-state index in [4.69, 9.17) is 5.73 Å².